The Kier molecular flexibility index (Phi) is 6.23. The van der Waals surface area contributed by atoms with Crippen LogP contribution in [0.25, 0.3) is 0 Å². The highest BCUT2D eigenvalue weighted by atomic mass is 35.5. The molecule has 0 saturated carbocycles. The van der Waals surface area contributed by atoms with Gasteiger partial charge in [-0.3, -0.25) is 14.5 Å². The van der Waals surface area contributed by atoms with Crippen LogP contribution in [-0.4, -0.2) is 66.3 Å². The zero-order valence-corrected chi connectivity index (χ0v) is 16.2. The first-order valence-corrected chi connectivity index (χ1v) is 9.64. The third-order valence-electron chi connectivity index (χ3n) is 5.04. The zero-order chi connectivity index (χ0) is 19.6. The lowest BCUT2D eigenvalue weighted by Gasteiger charge is -2.36. The first-order chi connectivity index (χ1) is 12.7. The van der Waals surface area contributed by atoms with Crippen LogP contribution in [0, 0.1) is 0 Å². The van der Waals surface area contributed by atoms with Crippen molar-refractivity contribution in [1.82, 2.24) is 15.1 Å². The number of piperidine rings is 1. The number of benzene rings is 1. The second-order valence-corrected chi connectivity index (χ2v) is 7.84. The summed E-state index contributed by atoms with van der Waals surface area (Å²) in [5, 5.41) is 3.17. The molecule has 2 amide bonds. The van der Waals surface area contributed by atoms with E-state index in [1.54, 1.807) is 9.80 Å². The molecule has 2 fully saturated rings. The van der Waals surface area contributed by atoms with E-state index >= 15 is 0 Å². The van der Waals surface area contributed by atoms with Gasteiger partial charge in [-0.05, 0) is 37.6 Å². The molecule has 0 radical (unpaired) electrons. The molecular weight excluding hydrogens is 399 g/mol. The molecule has 1 atom stereocenters. The van der Waals surface area contributed by atoms with E-state index in [1.807, 2.05) is 0 Å². The average Bonchev–Trinajstić information content (AvgIpc) is 3.11. The molecule has 0 aliphatic carbocycles. The Balaban J connectivity index is 1.49. The van der Waals surface area contributed by atoms with E-state index in [0.717, 1.165) is 0 Å². The minimum atomic E-state index is -2.65. The molecule has 3 rings (SSSR count). The lowest BCUT2D eigenvalue weighted by atomic mass is 10.0. The van der Waals surface area contributed by atoms with Gasteiger partial charge in [-0.1, -0.05) is 23.2 Å². The summed E-state index contributed by atoms with van der Waals surface area (Å²) in [6.45, 7) is 1.16. The standard InChI is InChI=1S/C18H21Cl2F2N3O2/c19-14-3-2-12(8-15(14)20)17(27)23-9-16(26)24-7-4-13(10-24)25-6-1-5-18(21,22)11-25/h2-3,8,13H,1,4-7,9-11H2,(H,23,27). The molecule has 5 nitrogen and oxygen atoms in total. The highest BCUT2D eigenvalue weighted by Crippen LogP contribution is 2.29. The Morgan fingerprint density at radius 3 is 2.70 bits per heavy atom. The molecule has 2 heterocycles. The number of nitrogens with zero attached hydrogens (tertiary/aromatic N) is 2. The van der Waals surface area contributed by atoms with Crippen LogP contribution in [0.2, 0.25) is 10.0 Å². The number of carbonyl (C=O) groups excluding carboxylic acids is 2. The van der Waals surface area contributed by atoms with E-state index in [1.165, 1.54) is 18.2 Å². The van der Waals surface area contributed by atoms with Crippen molar-refractivity contribution in [2.45, 2.75) is 31.2 Å². The van der Waals surface area contributed by atoms with Gasteiger partial charge in [-0.15, -0.1) is 0 Å². The van der Waals surface area contributed by atoms with Gasteiger partial charge in [0.1, 0.15) is 0 Å². The van der Waals surface area contributed by atoms with E-state index < -0.39 is 11.8 Å². The number of amides is 2. The summed E-state index contributed by atoms with van der Waals surface area (Å²) in [5.74, 6) is -3.30. The molecule has 0 spiro atoms. The fourth-order valence-corrected chi connectivity index (χ4v) is 3.88. The van der Waals surface area contributed by atoms with Gasteiger partial charge in [0, 0.05) is 31.1 Å². The SMILES string of the molecule is O=C(NCC(=O)N1CCC(N2CCCC(F)(F)C2)C1)c1ccc(Cl)c(Cl)c1. The summed E-state index contributed by atoms with van der Waals surface area (Å²) in [6, 6.07) is 4.42. The number of alkyl halides is 2. The Morgan fingerprint density at radius 1 is 1.22 bits per heavy atom. The van der Waals surface area contributed by atoms with E-state index in [2.05, 4.69) is 5.32 Å². The maximum absolute atomic E-state index is 13.6. The summed E-state index contributed by atoms with van der Waals surface area (Å²) in [4.78, 5) is 27.9. The molecular formula is C18H21Cl2F2N3O2. The molecule has 0 bridgehead atoms. The molecule has 2 aliphatic heterocycles. The highest BCUT2D eigenvalue weighted by molar-refractivity contribution is 6.42. The molecule has 1 aromatic carbocycles. The van der Waals surface area contributed by atoms with Gasteiger partial charge >= 0.3 is 0 Å². The van der Waals surface area contributed by atoms with Crippen LogP contribution in [0.3, 0.4) is 0 Å². The van der Waals surface area contributed by atoms with Gasteiger partial charge in [0.2, 0.25) is 5.91 Å². The van der Waals surface area contributed by atoms with Gasteiger partial charge in [-0.2, -0.15) is 0 Å². The van der Waals surface area contributed by atoms with Crippen LogP contribution in [0.4, 0.5) is 8.78 Å². The molecule has 9 heteroatoms. The summed E-state index contributed by atoms with van der Waals surface area (Å²) in [7, 11) is 0. The number of hydrogen-bond donors (Lipinski definition) is 1. The second-order valence-electron chi connectivity index (χ2n) is 7.02. The second kappa shape index (κ2) is 8.29. The van der Waals surface area contributed by atoms with Crippen molar-refractivity contribution >= 4 is 35.0 Å². The fourth-order valence-electron chi connectivity index (χ4n) is 3.58. The third-order valence-corrected chi connectivity index (χ3v) is 5.78. The van der Waals surface area contributed by atoms with Crippen molar-refractivity contribution in [3.8, 4) is 0 Å². The maximum Gasteiger partial charge on any atom is 0.260 e. The van der Waals surface area contributed by atoms with Crippen LogP contribution in [-0.2, 0) is 4.79 Å². The van der Waals surface area contributed by atoms with E-state index in [4.69, 9.17) is 23.2 Å². The van der Waals surface area contributed by atoms with E-state index in [-0.39, 0.29) is 36.5 Å². The minimum absolute atomic E-state index is 0.0501. The normalized spacial score (nSPS) is 22.7. The minimum Gasteiger partial charge on any atom is -0.343 e. The molecule has 1 unspecified atom stereocenters. The summed E-state index contributed by atoms with van der Waals surface area (Å²) in [6.07, 6.45) is 1.07. The fraction of sp³-hybridized carbons (Fsp3) is 0.556. The van der Waals surface area contributed by atoms with Crippen LogP contribution < -0.4 is 5.32 Å². The number of likely N-dealkylation sites (tertiary alicyclic amines) is 2. The summed E-state index contributed by atoms with van der Waals surface area (Å²) < 4.78 is 27.2. The quantitative estimate of drug-likeness (QED) is 0.815. The van der Waals surface area contributed by atoms with Crippen LogP contribution >= 0.6 is 23.2 Å². The lowest BCUT2D eigenvalue weighted by Crippen LogP contribution is -2.49. The van der Waals surface area contributed by atoms with Gasteiger partial charge in [-0.25, -0.2) is 8.78 Å². The first-order valence-electron chi connectivity index (χ1n) is 8.88. The van der Waals surface area contributed by atoms with Crippen LogP contribution in [0.5, 0.6) is 0 Å². The summed E-state index contributed by atoms with van der Waals surface area (Å²) in [5.41, 5.74) is 0.312. The van der Waals surface area contributed by atoms with Crippen LogP contribution in [0.15, 0.2) is 18.2 Å². The van der Waals surface area contributed by atoms with Gasteiger partial charge in [0.15, 0.2) is 0 Å². The van der Waals surface area contributed by atoms with E-state index in [9.17, 15) is 18.4 Å². The monoisotopic (exact) mass is 419 g/mol. The number of rotatable bonds is 4. The predicted octanol–water partition coefficient (Wildman–Crippen LogP) is 3.06. The topological polar surface area (TPSA) is 52.7 Å². The van der Waals surface area contributed by atoms with Gasteiger partial charge in [0.25, 0.3) is 11.8 Å². The Labute approximate surface area is 166 Å². The highest BCUT2D eigenvalue weighted by Gasteiger charge is 2.40. The van der Waals surface area contributed by atoms with Crippen molar-refractivity contribution < 1.29 is 18.4 Å². The molecule has 1 N–H and O–H groups in total. The zero-order valence-electron chi connectivity index (χ0n) is 14.7. The largest absolute Gasteiger partial charge is 0.343 e. The molecule has 27 heavy (non-hydrogen) atoms. The predicted molar refractivity (Wildman–Crippen MR) is 99.5 cm³/mol. The summed E-state index contributed by atoms with van der Waals surface area (Å²) >= 11 is 11.7. The van der Waals surface area contributed by atoms with Crippen LogP contribution in [0.1, 0.15) is 29.6 Å². The number of hydrogen-bond acceptors (Lipinski definition) is 3. The molecule has 2 saturated heterocycles. The van der Waals surface area contributed by atoms with Gasteiger partial charge in [0.05, 0.1) is 23.1 Å². The van der Waals surface area contributed by atoms with Crippen molar-refractivity contribution in [2.75, 3.05) is 32.7 Å². The smallest absolute Gasteiger partial charge is 0.260 e. The van der Waals surface area contributed by atoms with Crippen molar-refractivity contribution in [2.24, 2.45) is 0 Å². The Morgan fingerprint density at radius 2 is 2.00 bits per heavy atom. The molecule has 0 aromatic heterocycles. The maximum atomic E-state index is 13.6. The number of carbonyl (C=O) groups is 2. The third kappa shape index (κ3) is 5.09. The lowest BCUT2D eigenvalue weighted by molar-refractivity contribution is -0.129. The Hall–Kier alpha value is -1.44. The first kappa shape index (κ1) is 20.3. The van der Waals surface area contributed by atoms with Crippen molar-refractivity contribution in [3.05, 3.63) is 33.8 Å². The molecule has 2 aliphatic rings. The average molecular weight is 420 g/mol. The van der Waals surface area contributed by atoms with Crippen molar-refractivity contribution in [3.63, 3.8) is 0 Å². The Bertz CT molecular complexity index is 733. The molecule has 148 valence electrons. The van der Waals surface area contributed by atoms with E-state index in [0.29, 0.717) is 43.1 Å². The number of halogens is 4. The molecule has 1 aromatic rings. The number of nitrogens with one attached hydrogen (secondary N) is 1. The van der Waals surface area contributed by atoms with Gasteiger partial charge < -0.3 is 10.2 Å². The van der Waals surface area contributed by atoms with Crippen molar-refractivity contribution in [1.29, 1.82) is 0 Å².